The molecule has 1 aromatic rings. The number of aliphatic hydroxyl groups is 2. The molecule has 3 aliphatic rings. The van der Waals surface area contributed by atoms with E-state index >= 15 is 0 Å². The molecule has 0 saturated carbocycles. The third-order valence-electron chi connectivity index (χ3n) is 6.82. The second-order valence-electron chi connectivity index (χ2n) is 8.55. The van der Waals surface area contributed by atoms with Crippen LogP contribution in [-0.2, 0) is 16.0 Å². The number of aliphatic hydroxyl groups excluding tert-OH is 2. The molecule has 0 aliphatic heterocycles. The summed E-state index contributed by atoms with van der Waals surface area (Å²) < 4.78 is 0. The van der Waals surface area contributed by atoms with Gasteiger partial charge in [0, 0.05) is 31.8 Å². The summed E-state index contributed by atoms with van der Waals surface area (Å²) in [7, 11) is 3.68. The Morgan fingerprint density at radius 1 is 1.13 bits per heavy atom. The number of carbonyl (C=O) groups is 3. The van der Waals surface area contributed by atoms with Crippen molar-refractivity contribution in [3.63, 3.8) is 0 Å². The SMILES string of the molecule is CC1C2Cc3c(N(C)C)ccc(O)c3C(=O)C2=C(O)C2C(=O)C(C(N)=O)=C(O)CC21. The summed E-state index contributed by atoms with van der Waals surface area (Å²) in [6, 6.07) is 3.18. The number of aromatic hydroxyl groups is 1. The molecule has 4 unspecified atom stereocenters. The van der Waals surface area contributed by atoms with Gasteiger partial charge in [-0.3, -0.25) is 14.4 Å². The molecule has 0 saturated heterocycles. The van der Waals surface area contributed by atoms with Gasteiger partial charge in [-0.05, 0) is 41.9 Å². The zero-order valence-corrected chi connectivity index (χ0v) is 17.0. The number of Topliss-reactive ketones (excluding diaryl/α,β-unsaturated/α-hetero) is 2. The fraction of sp³-hybridized carbons (Fsp3) is 0.409. The van der Waals surface area contributed by atoms with E-state index in [1.165, 1.54) is 6.07 Å². The number of amides is 1. The number of fused-ring (bicyclic) bond motifs is 3. The minimum atomic E-state index is -1.12. The van der Waals surface area contributed by atoms with Crippen LogP contribution in [0.5, 0.6) is 5.75 Å². The van der Waals surface area contributed by atoms with Crippen molar-refractivity contribution in [2.75, 3.05) is 19.0 Å². The lowest BCUT2D eigenvalue weighted by molar-refractivity contribution is -0.126. The standard InChI is InChI=1S/C22H24N2O6/c1-8-9-6-11-12(24(2)3)4-5-13(25)15(11)19(27)16(9)20(28)17-10(8)7-14(26)18(21(17)29)22(23)30/h4-5,8-10,17,25-26,28H,6-7H2,1-3H3,(H2,23,30). The van der Waals surface area contributed by atoms with Crippen molar-refractivity contribution < 1.29 is 29.7 Å². The number of nitrogens with two attached hydrogens (primary N) is 1. The molecule has 8 heteroatoms. The molecule has 1 amide bonds. The molecule has 8 nitrogen and oxygen atoms in total. The second-order valence-corrected chi connectivity index (χ2v) is 8.55. The predicted molar refractivity (Wildman–Crippen MR) is 108 cm³/mol. The van der Waals surface area contributed by atoms with Gasteiger partial charge in [-0.25, -0.2) is 0 Å². The Bertz CT molecular complexity index is 1070. The van der Waals surface area contributed by atoms with E-state index in [1.807, 2.05) is 25.9 Å². The van der Waals surface area contributed by atoms with Crippen molar-refractivity contribution in [3.8, 4) is 5.75 Å². The van der Waals surface area contributed by atoms with E-state index in [-0.39, 0.29) is 46.7 Å². The van der Waals surface area contributed by atoms with Gasteiger partial charge in [-0.1, -0.05) is 6.92 Å². The first kappa shape index (κ1) is 20.0. The van der Waals surface area contributed by atoms with Crippen LogP contribution in [0.3, 0.4) is 0 Å². The van der Waals surface area contributed by atoms with Crippen LogP contribution >= 0.6 is 0 Å². The molecule has 30 heavy (non-hydrogen) atoms. The van der Waals surface area contributed by atoms with Crippen molar-refractivity contribution in [2.45, 2.75) is 19.8 Å². The van der Waals surface area contributed by atoms with Gasteiger partial charge in [0.05, 0.1) is 11.5 Å². The number of anilines is 1. The highest BCUT2D eigenvalue weighted by atomic mass is 16.3. The third kappa shape index (κ3) is 2.56. The zero-order chi connectivity index (χ0) is 22.1. The topological polar surface area (TPSA) is 141 Å². The minimum Gasteiger partial charge on any atom is -0.511 e. The van der Waals surface area contributed by atoms with Crippen molar-refractivity contribution >= 4 is 23.2 Å². The summed E-state index contributed by atoms with van der Waals surface area (Å²) >= 11 is 0. The van der Waals surface area contributed by atoms with Crippen LogP contribution in [0, 0.1) is 23.7 Å². The van der Waals surface area contributed by atoms with Gasteiger partial charge in [0.25, 0.3) is 5.91 Å². The van der Waals surface area contributed by atoms with Gasteiger partial charge in [0.1, 0.15) is 22.8 Å². The van der Waals surface area contributed by atoms with E-state index in [1.54, 1.807) is 6.07 Å². The Labute approximate surface area is 173 Å². The number of primary amides is 1. The zero-order valence-electron chi connectivity index (χ0n) is 17.0. The molecule has 4 rings (SSSR count). The van der Waals surface area contributed by atoms with E-state index in [0.29, 0.717) is 12.0 Å². The molecule has 0 fully saturated rings. The Morgan fingerprint density at radius 3 is 2.40 bits per heavy atom. The smallest absolute Gasteiger partial charge is 0.255 e. The van der Waals surface area contributed by atoms with Crippen LogP contribution < -0.4 is 10.6 Å². The van der Waals surface area contributed by atoms with Crippen LogP contribution in [0.1, 0.15) is 29.3 Å². The molecule has 158 valence electrons. The fourth-order valence-electron chi connectivity index (χ4n) is 5.36. The number of rotatable bonds is 2. The molecule has 0 heterocycles. The minimum absolute atomic E-state index is 0.0192. The lowest BCUT2D eigenvalue weighted by Crippen LogP contribution is -2.47. The maximum absolute atomic E-state index is 13.4. The summed E-state index contributed by atoms with van der Waals surface area (Å²) in [5, 5.41) is 31.7. The molecule has 5 N–H and O–H groups in total. The van der Waals surface area contributed by atoms with Crippen LogP contribution in [0.15, 0.2) is 34.8 Å². The molecule has 0 aromatic heterocycles. The largest absolute Gasteiger partial charge is 0.511 e. The van der Waals surface area contributed by atoms with Crippen molar-refractivity contribution in [3.05, 3.63) is 45.9 Å². The van der Waals surface area contributed by atoms with E-state index in [9.17, 15) is 29.7 Å². The van der Waals surface area contributed by atoms with E-state index < -0.39 is 34.9 Å². The number of ketones is 2. The number of hydrogen-bond donors (Lipinski definition) is 4. The summed E-state index contributed by atoms with van der Waals surface area (Å²) in [4.78, 5) is 39.9. The number of phenols is 1. The molecule has 1 aromatic carbocycles. The maximum Gasteiger partial charge on any atom is 0.255 e. The van der Waals surface area contributed by atoms with E-state index in [2.05, 4.69) is 0 Å². The van der Waals surface area contributed by atoms with Gasteiger partial charge in [0.15, 0.2) is 11.6 Å². The number of hydrogen-bond acceptors (Lipinski definition) is 7. The Kier molecular flexibility index (Phi) is 4.41. The average molecular weight is 412 g/mol. The lowest BCUT2D eigenvalue weighted by atomic mass is 9.58. The van der Waals surface area contributed by atoms with Gasteiger partial charge >= 0.3 is 0 Å². The molecule has 0 radical (unpaired) electrons. The highest BCUT2D eigenvalue weighted by Crippen LogP contribution is 2.53. The van der Waals surface area contributed by atoms with Crippen LogP contribution in [0.25, 0.3) is 0 Å². The van der Waals surface area contributed by atoms with E-state index in [0.717, 1.165) is 5.69 Å². The first-order valence-electron chi connectivity index (χ1n) is 9.82. The fourth-order valence-corrected chi connectivity index (χ4v) is 5.36. The monoisotopic (exact) mass is 412 g/mol. The Balaban J connectivity index is 1.91. The molecule has 3 aliphatic carbocycles. The van der Waals surface area contributed by atoms with Crippen LogP contribution in [-0.4, -0.2) is 46.9 Å². The van der Waals surface area contributed by atoms with Crippen LogP contribution in [0.2, 0.25) is 0 Å². The highest BCUT2D eigenvalue weighted by molar-refractivity contribution is 6.22. The van der Waals surface area contributed by atoms with Crippen molar-refractivity contribution in [1.82, 2.24) is 0 Å². The predicted octanol–water partition coefficient (Wildman–Crippen LogP) is 1.78. The van der Waals surface area contributed by atoms with Gasteiger partial charge in [0.2, 0.25) is 0 Å². The maximum atomic E-state index is 13.4. The molecule has 4 atom stereocenters. The molecular weight excluding hydrogens is 388 g/mol. The molecule has 0 spiro atoms. The summed E-state index contributed by atoms with van der Waals surface area (Å²) in [6.45, 7) is 1.88. The van der Waals surface area contributed by atoms with Crippen molar-refractivity contribution in [1.29, 1.82) is 0 Å². The van der Waals surface area contributed by atoms with Gasteiger partial charge in [-0.2, -0.15) is 0 Å². The second kappa shape index (κ2) is 6.62. The Morgan fingerprint density at radius 2 is 1.80 bits per heavy atom. The third-order valence-corrected chi connectivity index (χ3v) is 6.82. The quantitative estimate of drug-likeness (QED) is 0.543. The van der Waals surface area contributed by atoms with Gasteiger partial charge < -0.3 is 26.0 Å². The van der Waals surface area contributed by atoms with Crippen LogP contribution in [0.4, 0.5) is 5.69 Å². The summed E-state index contributed by atoms with van der Waals surface area (Å²) in [5.41, 5.74) is 6.45. The number of allylic oxidation sites excluding steroid dienone is 3. The molecular formula is C22H24N2O6. The lowest BCUT2D eigenvalue weighted by Gasteiger charge is -2.45. The number of carbonyl (C=O) groups excluding carboxylic acids is 3. The molecule has 0 bridgehead atoms. The average Bonchev–Trinajstić information content (AvgIpc) is 2.64. The number of benzene rings is 1. The Hall–Kier alpha value is -3.29. The highest BCUT2D eigenvalue weighted by Gasteiger charge is 2.53. The van der Waals surface area contributed by atoms with Crippen molar-refractivity contribution in [2.24, 2.45) is 29.4 Å². The first-order chi connectivity index (χ1) is 14.1. The van der Waals surface area contributed by atoms with Gasteiger partial charge in [-0.15, -0.1) is 0 Å². The number of phenolic OH excluding ortho intramolecular Hbond substituents is 1. The summed E-state index contributed by atoms with van der Waals surface area (Å²) in [6.07, 6.45) is 0.416. The van der Waals surface area contributed by atoms with E-state index in [4.69, 9.17) is 5.73 Å². The normalized spacial score (nSPS) is 28.1. The summed E-state index contributed by atoms with van der Waals surface area (Å²) in [5.74, 6) is -5.49. The number of nitrogens with zero attached hydrogens (tertiary/aromatic N) is 1. The first-order valence-corrected chi connectivity index (χ1v) is 9.82.